The number of aryl methyl sites for hydroxylation is 1. The summed E-state index contributed by atoms with van der Waals surface area (Å²) in [5.74, 6) is 0.933. The normalized spacial score (nSPS) is 10.6. The molecular weight excluding hydrogens is 254 g/mol. The predicted octanol–water partition coefficient (Wildman–Crippen LogP) is 1.28. The first-order valence-corrected chi connectivity index (χ1v) is 5.11. The summed E-state index contributed by atoms with van der Waals surface area (Å²) in [6.45, 7) is 0. The zero-order valence-electron chi connectivity index (χ0n) is 6.73. The van der Waals surface area contributed by atoms with E-state index in [9.17, 15) is 0 Å². The third kappa shape index (κ3) is 1.44. The lowest BCUT2D eigenvalue weighted by molar-refractivity contribution is 0.780. The Kier molecular flexibility index (Phi) is 2.04. The molecular formula is C6H6BrN5S. The summed E-state index contributed by atoms with van der Waals surface area (Å²) in [6.07, 6.45) is 0. The standard InChI is InChI=1S/C6H6BrN5S/c1-12-6(8)10-5(11-12)3-4(7)13-2-9-3/h2H,1H3,(H2,8,10,11). The second-order valence-electron chi connectivity index (χ2n) is 2.39. The van der Waals surface area contributed by atoms with Crippen LogP contribution in [0.25, 0.3) is 11.5 Å². The van der Waals surface area contributed by atoms with Gasteiger partial charge in [-0.3, -0.25) is 0 Å². The van der Waals surface area contributed by atoms with Crippen molar-refractivity contribution in [2.75, 3.05) is 5.73 Å². The number of thiazole rings is 1. The van der Waals surface area contributed by atoms with E-state index in [1.54, 1.807) is 12.6 Å². The summed E-state index contributed by atoms with van der Waals surface area (Å²) in [5, 5.41) is 4.11. The number of halogens is 1. The Labute approximate surface area is 86.7 Å². The van der Waals surface area contributed by atoms with Crippen LogP contribution in [0, 0.1) is 0 Å². The minimum Gasteiger partial charge on any atom is -0.368 e. The summed E-state index contributed by atoms with van der Waals surface area (Å²) in [4.78, 5) is 8.18. The summed E-state index contributed by atoms with van der Waals surface area (Å²) in [5.41, 5.74) is 8.01. The fourth-order valence-electron chi connectivity index (χ4n) is 0.874. The summed E-state index contributed by atoms with van der Waals surface area (Å²) >= 11 is 4.85. The molecule has 0 radical (unpaired) electrons. The maximum atomic E-state index is 5.55. The molecule has 0 fully saturated rings. The highest BCUT2D eigenvalue weighted by atomic mass is 79.9. The fourth-order valence-corrected chi connectivity index (χ4v) is 1.91. The van der Waals surface area contributed by atoms with Crippen molar-refractivity contribution < 1.29 is 0 Å². The van der Waals surface area contributed by atoms with Gasteiger partial charge in [0.1, 0.15) is 9.48 Å². The first kappa shape index (κ1) is 8.64. The molecule has 2 N–H and O–H groups in total. The van der Waals surface area contributed by atoms with Crippen molar-refractivity contribution in [3.63, 3.8) is 0 Å². The number of hydrogen-bond donors (Lipinski definition) is 1. The van der Waals surface area contributed by atoms with Crippen LogP contribution < -0.4 is 5.73 Å². The monoisotopic (exact) mass is 259 g/mol. The largest absolute Gasteiger partial charge is 0.368 e. The quantitative estimate of drug-likeness (QED) is 0.838. The molecule has 2 heterocycles. The second-order valence-corrected chi connectivity index (χ2v) is 4.56. The van der Waals surface area contributed by atoms with Crippen molar-refractivity contribution in [3.05, 3.63) is 9.30 Å². The molecule has 13 heavy (non-hydrogen) atoms. The van der Waals surface area contributed by atoms with E-state index < -0.39 is 0 Å². The van der Waals surface area contributed by atoms with Crippen LogP contribution in [0.1, 0.15) is 0 Å². The van der Waals surface area contributed by atoms with E-state index in [2.05, 4.69) is 31.0 Å². The van der Waals surface area contributed by atoms with E-state index in [-0.39, 0.29) is 0 Å². The molecule has 0 aliphatic heterocycles. The lowest BCUT2D eigenvalue weighted by Gasteiger charge is -1.87. The molecule has 0 saturated carbocycles. The van der Waals surface area contributed by atoms with Gasteiger partial charge in [0.15, 0.2) is 0 Å². The maximum Gasteiger partial charge on any atom is 0.218 e. The van der Waals surface area contributed by atoms with Gasteiger partial charge in [-0.25, -0.2) is 9.67 Å². The molecule has 0 unspecified atom stereocenters. The average molecular weight is 260 g/mol. The van der Waals surface area contributed by atoms with Crippen LogP contribution in [-0.4, -0.2) is 19.7 Å². The van der Waals surface area contributed by atoms with Crippen molar-refractivity contribution in [2.24, 2.45) is 7.05 Å². The van der Waals surface area contributed by atoms with Crippen molar-refractivity contribution >= 4 is 33.2 Å². The van der Waals surface area contributed by atoms with Crippen LogP contribution in [0.4, 0.5) is 5.95 Å². The van der Waals surface area contributed by atoms with Crippen LogP contribution in [-0.2, 0) is 7.05 Å². The average Bonchev–Trinajstić information content (AvgIpc) is 2.60. The van der Waals surface area contributed by atoms with E-state index in [4.69, 9.17) is 5.73 Å². The fraction of sp³-hybridized carbons (Fsp3) is 0.167. The molecule has 0 bridgehead atoms. The van der Waals surface area contributed by atoms with Gasteiger partial charge in [0.05, 0.1) is 5.51 Å². The topological polar surface area (TPSA) is 69.6 Å². The number of aromatic nitrogens is 4. The lowest BCUT2D eigenvalue weighted by atomic mass is 10.5. The van der Waals surface area contributed by atoms with Crippen molar-refractivity contribution in [1.82, 2.24) is 19.7 Å². The molecule has 5 nitrogen and oxygen atoms in total. The van der Waals surface area contributed by atoms with Gasteiger partial charge in [-0.05, 0) is 15.9 Å². The molecule has 0 aliphatic carbocycles. The van der Waals surface area contributed by atoms with Gasteiger partial charge >= 0.3 is 0 Å². The van der Waals surface area contributed by atoms with Gasteiger partial charge in [0.2, 0.25) is 11.8 Å². The van der Waals surface area contributed by atoms with E-state index in [0.717, 1.165) is 9.48 Å². The number of nitrogens with zero attached hydrogens (tertiary/aromatic N) is 4. The van der Waals surface area contributed by atoms with Crippen LogP contribution in [0.3, 0.4) is 0 Å². The third-order valence-electron chi connectivity index (χ3n) is 1.53. The molecule has 0 spiro atoms. The smallest absolute Gasteiger partial charge is 0.218 e. The first-order chi connectivity index (χ1) is 6.18. The molecule has 0 atom stereocenters. The molecule has 68 valence electrons. The van der Waals surface area contributed by atoms with Crippen molar-refractivity contribution in [3.8, 4) is 11.5 Å². The van der Waals surface area contributed by atoms with Gasteiger partial charge in [0.25, 0.3) is 0 Å². The molecule has 2 aromatic heterocycles. The molecule has 0 aromatic carbocycles. The zero-order valence-corrected chi connectivity index (χ0v) is 9.13. The van der Waals surface area contributed by atoms with Gasteiger partial charge in [-0.15, -0.1) is 16.4 Å². The Balaban J connectivity index is 2.53. The Morgan fingerprint density at radius 1 is 1.62 bits per heavy atom. The van der Waals surface area contributed by atoms with E-state index >= 15 is 0 Å². The Morgan fingerprint density at radius 2 is 2.38 bits per heavy atom. The maximum absolute atomic E-state index is 5.55. The highest BCUT2D eigenvalue weighted by molar-refractivity contribution is 9.11. The highest BCUT2D eigenvalue weighted by Crippen LogP contribution is 2.28. The zero-order chi connectivity index (χ0) is 9.42. The minimum atomic E-state index is 0.384. The van der Waals surface area contributed by atoms with Crippen LogP contribution in [0.2, 0.25) is 0 Å². The van der Waals surface area contributed by atoms with Gasteiger partial charge in [0, 0.05) is 7.05 Å². The molecule has 0 aliphatic rings. The van der Waals surface area contributed by atoms with Crippen LogP contribution >= 0.6 is 27.3 Å². The van der Waals surface area contributed by atoms with Crippen molar-refractivity contribution in [1.29, 1.82) is 0 Å². The second kappa shape index (κ2) is 3.08. The van der Waals surface area contributed by atoms with E-state index in [1.165, 1.54) is 16.0 Å². The van der Waals surface area contributed by atoms with E-state index in [0.29, 0.717) is 11.8 Å². The van der Waals surface area contributed by atoms with Gasteiger partial charge in [-0.2, -0.15) is 4.98 Å². The third-order valence-corrected chi connectivity index (χ3v) is 3.08. The molecule has 0 amide bonds. The molecule has 2 rings (SSSR count). The Hall–Kier alpha value is -0.950. The van der Waals surface area contributed by atoms with Crippen molar-refractivity contribution in [2.45, 2.75) is 0 Å². The predicted molar refractivity (Wildman–Crippen MR) is 54.2 cm³/mol. The highest BCUT2D eigenvalue weighted by Gasteiger charge is 2.12. The lowest BCUT2D eigenvalue weighted by Crippen LogP contribution is -1.97. The molecule has 7 heteroatoms. The summed E-state index contributed by atoms with van der Waals surface area (Å²) < 4.78 is 2.43. The number of hydrogen-bond acceptors (Lipinski definition) is 5. The number of nitrogens with two attached hydrogens (primary N) is 1. The summed E-state index contributed by atoms with van der Waals surface area (Å²) in [6, 6.07) is 0. The van der Waals surface area contributed by atoms with Gasteiger partial charge < -0.3 is 5.73 Å². The first-order valence-electron chi connectivity index (χ1n) is 3.44. The van der Waals surface area contributed by atoms with E-state index in [1.807, 2.05) is 0 Å². The Morgan fingerprint density at radius 3 is 2.85 bits per heavy atom. The minimum absolute atomic E-state index is 0.384. The summed E-state index contributed by atoms with van der Waals surface area (Å²) in [7, 11) is 1.74. The molecule has 0 saturated heterocycles. The van der Waals surface area contributed by atoms with Gasteiger partial charge in [-0.1, -0.05) is 0 Å². The number of nitrogen functional groups attached to an aromatic ring is 1. The number of rotatable bonds is 1. The van der Waals surface area contributed by atoms with Crippen LogP contribution in [0.5, 0.6) is 0 Å². The number of anilines is 1. The molecule has 2 aromatic rings. The SMILES string of the molecule is Cn1nc(-c2ncsc2Br)nc1N. The van der Waals surface area contributed by atoms with Crippen LogP contribution in [0.15, 0.2) is 9.30 Å². The Bertz CT molecular complexity index is 414.